The fraction of sp³-hybridized carbons (Fsp3) is 0.100. The third-order valence-corrected chi connectivity index (χ3v) is 4.66. The Balaban J connectivity index is 2.30. The quantitative estimate of drug-likeness (QED) is 0.355. The first kappa shape index (κ1) is 20.6. The third-order valence-electron chi connectivity index (χ3n) is 4.07. The van der Waals surface area contributed by atoms with Gasteiger partial charge in [0.2, 0.25) is 0 Å². The number of rotatable bonds is 2. The van der Waals surface area contributed by atoms with Crippen molar-refractivity contribution in [3.05, 3.63) is 81.8 Å². The van der Waals surface area contributed by atoms with Crippen LogP contribution >= 0.6 is 23.2 Å². The Morgan fingerprint density at radius 3 is 1.43 bits per heavy atom. The molecule has 0 aromatic heterocycles. The standard InChI is InChI=1S/C20H10Cl2F6/c21-15-9-12(10-16(22)18(15)11-5-2-1-3-6-11)17-13(19(23,24)25)7-4-8-14(17)20(26,27)28/h1-10H. The van der Waals surface area contributed by atoms with Gasteiger partial charge in [-0.1, -0.05) is 59.6 Å². The van der Waals surface area contributed by atoms with Gasteiger partial charge in [-0.05, 0) is 35.4 Å². The number of benzene rings is 3. The predicted molar refractivity (Wildman–Crippen MR) is 97.3 cm³/mol. The summed E-state index contributed by atoms with van der Waals surface area (Å²) in [6.45, 7) is 0. The van der Waals surface area contributed by atoms with Crippen molar-refractivity contribution in [3.8, 4) is 22.3 Å². The smallest absolute Gasteiger partial charge is 0.166 e. The zero-order chi connectivity index (χ0) is 20.7. The van der Waals surface area contributed by atoms with Gasteiger partial charge in [-0.2, -0.15) is 26.3 Å². The van der Waals surface area contributed by atoms with E-state index in [1.807, 2.05) is 0 Å². The van der Waals surface area contributed by atoms with Crippen molar-refractivity contribution in [2.45, 2.75) is 12.4 Å². The van der Waals surface area contributed by atoms with E-state index in [9.17, 15) is 26.3 Å². The molecule has 8 heteroatoms. The second kappa shape index (κ2) is 7.33. The van der Waals surface area contributed by atoms with E-state index < -0.39 is 29.0 Å². The summed E-state index contributed by atoms with van der Waals surface area (Å²) in [6, 6.07) is 12.5. The lowest BCUT2D eigenvalue weighted by Crippen LogP contribution is -2.14. The topological polar surface area (TPSA) is 0 Å². The lowest BCUT2D eigenvalue weighted by molar-refractivity contribution is -0.142. The zero-order valence-corrected chi connectivity index (χ0v) is 15.3. The normalized spacial score (nSPS) is 12.3. The molecule has 0 aliphatic rings. The molecule has 146 valence electrons. The number of hydrogen-bond acceptors (Lipinski definition) is 0. The van der Waals surface area contributed by atoms with E-state index in [2.05, 4.69) is 0 Å². The molecule has 0 atom stereocenters. The van der Waals surface area contributed by atoms with Crippen LogP contribution in [0.1, 0.15) is 11.1 Å². The molecule has 3 rings (SSSR count). The first-order chi connectivity index (χ1) is 13.0. The van der Waals surface area contributed by atoms with Gasteiger partial charge in [0.05, 0.1) is 21.2 Å². The number of halogens is 8. The minimum absolute atomic E-state index is 0.0567. The van der Waals surface area contributed by atoms with Crippen LogP contribution < -0.4 is 0 Å². The summed E-state index contributed by atoms with van der Waals surface area (Å²) >= 11 is 12.4. The van der Waals surface area contributed by atoms with Crippen LogP contribution in [-0.4, -0.2) is 0 Å². The maximum absolute atomic E-state index is 13.4. The second-order valence-corrected chi connectivity index (χ2v) is 6.72. The van der Waals surface area contributed by atoms with Crippen molar-refractivity contribution in [2.75, 3.05) is 0 Å². The SMILES string of the molecule is FC(F)(F)c1cccc(C(F)(F)F)c1-c1cc(Cl)c(-c2ccccc2)c(Cl)c1. The van der Waals surface area contributed by atoms with Gasteiger partial charge in [-0.25, -0.2) is 0 Å². The summed E-state index contributed by atoms with van der Waals surface area (Å²) in [6.07, 6.45) is -9.98. The van der Waals surface area contributed by atoms with Crippen molar-refractivity contribution < 1.29 is 26.3 Å². The van der Waals surface area contributed by atoms with Crippen molar-refractivity contribution >= 4 is 23.2 Å². The van der Waals surface area contributed by atoms with Gasteiger partial charge in [-0.3, -0.25) is 0 Å². The van der Waals surface area contributed by atoms with Gasteiger partial charge < -0.3 is 0 Å². The summed E-state index contributed by atoms with van der Waals surface area (Å²) in [5, 5.41) is -0.113. The van der Waals surface area contributed by atoms with Crippen molar-refractivity contribution in [1.82, 2.24) is 0 Å². The zero-order valence-electron chi connectivity index (χ0n) is 13.8. The third kappa shape index (κ3) is 3.98. The van der Waals surface area contributed by atoms with E-state index in [1.54, 1.807) is 30.3 Å². The van der Waals surface area contributed by atoms with E-state index in [4.69, 9.17) is 23.2 Å². The highest BCUT2D eigenvalue weighted by molar-refractivity contribution is 6.39. The Bertz CT molecular complexity index is 952. The van der Waals surface area contributed by atoms with Gasteiger partial charge >= 0.3 is 12.4 Å². The molecule has 0 heterocycles. The van der Waals surface area contributed by atoms with Crippen molar-refractivity contribution in [3.63, 3.8) is 0 Å². The summed E-state index contributed by atoms with van der Waals surface area (Å²) in [5.74, 6) is 0. The fourth-order valence-corrected chi connectivity index (χ4v) is 3.64. The largest absolute Gasteiger partial charge is 0.417 e. The van der Waals surface area contributed by atoms with Crippen LogP contribution in [0, 0.1) is 0 Å². The molecule has 0 unspecified atom stereocenters. The molecule has 0 saturated heterocycles. The van der Waals surface area contributed by atoms with Crippen LogP contribution in [0.3, 0.4) is 0 Å². The minimum atomic E-state index is -4.99. The average Bonchev–Trinajstić information content (AvgIpc) is 2.60. The van der Waals surface area contributed by atoms with Gasteiger partial charge in [-0.15, -0.1) is 0 Å². The number of alkyl halides is 6. The molecule has 0 amide bonds. The van der Waals surface area contributed by atoms with E-state index in [0.29, 0.717) is 23.3 Å². The van der Waals surface area contributed by atoms with Crippen LogP contribution in [0.25, 0.3) is 22.3 Å². The van der Waals surface area contributed by atoms with Gasteiger partial charge in [0.25, 0.3) is 0 Å². The molecular formula is C20H10Cl2F6. The van der Waals surface area contributed by atoms with Crippen LogP contribution in [0.4, 0.5) is 26.3 Å². The lowest BCUT2D eigenvalue weighted by Gasteiger charge is -2.20. The fourth-order valence-electron chi connectivity index (χ4n) is 2.93. The van der Waals surface area contributed by atoms with Gasteiger partial charge in [0.1, 0.15) is 0 Å². The highest BCUT2D eigenvalue weighted by atomic mass is 35.5. The summed E-state index contributed by atoms with van der Waals surface area (Å²) in [7, 11) is 0. The Hall–Kier alpha value is -2.18. The molecule has 0 fully saturated rings. The van der Waals surface area contributed by atoms with Crippen molar-refractivity contribution in [2.24, 2.45) is 0 Å². The van der Waals surface area contributed by atoms with E-state index in [-0.39, 0.29) is 15.6 Å². The molecule has 3 aromatic carbocycles. The molecule has 0 aliphatic heterocycles. The Labute approximate surface area is 166 Å². The summed E-state index contributed by atoms with van der Waals surface area (Å²) in [4.78, 5) is 0. The molecule has 0 bridgehead atoms. The van der Waals surface area contributed by atoms with Crippen LogP contribution in [0.2, 0.25) is 10.0 Å². The maximum Gasteiger partial charge on any atom is 0.417 e. The van der Waals surface area contributed by atoms with Crippen LogP contribution in [-0.2, 0) is 12.4 Å². The molecule has 0 radical (unpaired) electrons. The molecule has 3 aromatic rings. The van der Waals surface area contributed by atoms with Gasteiger partial charge in [0, 0.05) is 11.1 Å². The Kier molecular flexibility index (Phi) is 5.38. The molecule has 0 N–H and O–H groups in total. The highest BCUT2D eigenvalue weighted by Gasteiger charge is 2.41. The molecule has 0 aliphatic carbocycles. The van der Waals surface area contributed by atoms with Crippen LogP contribution in [0.5, 0.6) is 0 Å². The first-order valence-electron chi connectivity index (χ1n) is 7.82. The molecule has 0 spiro atoms. The maximum atomic E-state index is 13.4. The van der Waals surface area contributed by atoms with Crippen LogP contribution in [0.15, 0.2) is 60.7 Å². The molecule has 28 heavy (non-hydrogen) atoms. The lowest BCUT2D eigenvalue weighted by atomic mass is 9.92. The Morgan fingerprint density at radius 2 is 1.00 bits per heavy atom. The highest BCUT2D eigenvalue weighted by Crippen LogP contribution is 2.47. The molecule has 0 nitrogen and oxygen atoms in total. The van der Waals surface area contributed by atoms with E-state index in [0.717, 1.165) is 18.2 Å². The minimum Gasteiger partial charge on any atom is -0.166 e. The average molecular weight is 435 g/mol. The molecular weight excluding hydrogens is 425 g/mol. The molecule has 0 saturated carbocycles. The van der Waals surface area contributed by atoms with Crippen molar-refractivity contribution in [1.29, 1.82) is 0 Å². The summed E-state index contributed by atoms with van der Waals surface area (Å²) in [5.41, 5.74) is -3.29. The Morgan fingerprint density at radius 1 is 0.536 bits per heavy atom. The van der Waals surface area contributed by atoms with Gasteiger partial charge in [0.15, 0.2) is 0 Å². The first-order valence-corrected chi connectivity index (χ1v) is 8.58. The summed E-state index contributed by atoms with van der Waals surface area (Å²) < 4.78 is 80.5. The second-order valence-electron chi connectivity index (χ2n) is 5.90. The van der Waals surface area contributed by atoms with E-state index in [1.165, 1.54) is 0 Å². The monoisotopic (exact) mass is 434 g/mol. The predicted octanol–water partition coefficient (Wildman–Crippen LogP) is 8.37. The number of hydrogen-bond donors (Lipinski definition) is 0. The van der Waals surface area contributed by atoms with E-state index >= 15 is 0 Å².